The highest BCUT2D eigenvalue weighted by molar-refractivity contribution is 7.89. The maximum absolute atomic E-state index is 13.6. The van der Waals surface area contributed by atoms with E-state index in [1.165, 1.54) is 23.5 Å². The molecule has 0 aliphatic rings. The first-order valence-corrected chi connectivity index (χ1v) is 13.8. The minimum Gasteiger partial charge on any atom is -0.497 e. The van der Waals surface area contributed by atoms with Crippen LogP contribution in [-0.2, 0) is 21.2 Å². The van der Waals surface area contributed by atoms with Gasteiger partial charge in [-0.05, 0) is 42.2 Å². The molecule has 2 aromatic carbocycles. The zero-order chi connectivity index (χ0) is 28.1. The highest BCUT2D eigenvalue weighted by Gasteiger charge is 2.32. The van der Waals surface area contributed by atoms with Gasteiger partial charge in [-0.25, -0.2) is 18.0 Å². The number of benzene rings is 2. The van der Waals surface area contributed by atoms with Crippen LogP contribution >= 0.6 is 0 Å². The number of aliphatic hydroxyl groups excluding tert-OH is 1. The number of ether oxygens (including phenoxy) is 2. The van der Waals surface area contributed by atoms with Crippen molar-refractivity contribution < 1.29 is 32.6 Å². The lowest BCUT2D eigenvalue weighted by Gasteiger charge is -2.31. The lowest BCUT2D eigenvalue weighted by atomic mass is 10.0. The molecule has 3 amide bonds. The largest absolute Gasteiger partial charge is 0.497 e. The number of sulfonamides is 1. The molecule has 210 valence electrons. The lowest BCUT2D eigenvalue weighted by molar-refractivity contribution is 0.0891. The summed E-state index contributed by atoms with van der Waals surface area (Å²) in [6, 6.07) is 13.6. The quantitative estimate of drug-likeness (QED) is 0.247. The molecule has 0 spiro atoms. The van der Waals surface area contributed by atoms with Gasteiger partial charge in [0.05, 0.1) is 30.7 Å². The van der Waals surface area contributed by atoms with Crippen molar-refractivity contribution in [2.45, 2.75) is 43.7 Å². The van der Waals surface area contributed by atoms with Crippen LogP contribution in [0.25, 0.3) is 0 Å². The Bertz CT molecular complexity index is 1110. The summed E-state index contributed by atoms with van der Waals surface area (Å²) in [5, 5.41) is 16.2. The Balaban J connectivity index is 2.25. The molecule has 38 heavy (non-hydrogen) atoms. The van der Waals surface area contributed by atoms with Crippen molar-refractivity contribution >= 4 is 22.1 Å². The number of carbonyl (C=O) groups excluding carboxylic acids is 2. The zero-order valence-corrected chi connectivity index (χ0v) is 22.8. The zero-order valence-electron chi connectivity index (χ0n) is 22.0. The number of nitrogens with one attached hydrogen (secondary N) is 2. The van der Waals surface area contributed by atoms with E-state index >= 15 is 0 Å². The summed E-state index contributed by atoms with van der Waals surface area (Å²) >= 11 is 0. The van der Waals surface area contributed by atoms with Crippen molar-refractivity contribution in [3.63, 3.8) is 0 Å². The predicted octanol–water partition coefficient (Wildman–Crippen LogP) is 2.10. The van der Waals surface area contributed by atoms with Gasteiger partial charge in [0.1, 0.15) is 12.4 Å². The van der Waals surface area contributed by atoms with Crippen molar-refractivity contribution in [3.05, 3.63) is 60.2 Å². The number of aliphatic hydroxyl groups is 1. The molecule has 0 aromatic heterocycles. The van der Waals surface area contributed by atoms with Crippen molar-refractivity contribution in [1.82, 2.24) is 14.9 Å². The first-order chi connectivity index (χ1) is 18.1. The van der Waals surface area contributed by atoms with Gasteiger partial charge in [0.25, 0.3) is 0 Å². The normalized spacial score (nSPS) is 13.8. The highest BCUT2D eigenvalue weighted by atomic mass is 32.2. The standard InChI is InChI=1S/C26H38N4O7S/c1-4-19(2)17-30(38(34,35)22-12-10-21(36-3)11-13-22)18-24(31)23(16-20-8-6-5-7-9-20)29-26(33)37-15-14-28-25(27)32/h5-13,19,23-24,31H,4,14-18H2,1-3H3,(H,29,33)(H3,27,28,32)/t19-,23-,24+/m0/s1. The molecule has 0 fully saturated rings. The summed E-state index contributed by atoms with van der Waals surface area (Å²) in [6.45, 7) is 3.72. The van der Waals surface area contributed by atoms with Crippen molar-refractivity contribution in [2.24, 2.45) is 11.7 Å². The minimum atomic E-state index is -3.97. The van der Waals surface area contributed by atoms with E-state index in [0.717, 1.165) is 12.0 Å². The van der Waals surface area contributed by atoms with Crippen LogP contribution in [0.1, 0.15) is 25.8 Å². The van der Waals surface area contributed by atoms with Crippen LogP contribution in [0.2, 0.25) is 0 Å². The number of carbonyl (C=O) groups is 2. The van der Waals surface area contributed by atoms with Crippen LogP contribution < -0.4 is 21.1 Å². The third-order valence-corrected chi connectivity index (χ3v) is 7.85. The fourth-order valence-corrected chi connectivity index (χ4v) is 5.22. The van der Waals surface area contributed by atoms with Gasteiger partial charge in [-0.15, -0.1) is 0 Å². The Hall–Kier alpha value is -3.35. The van der Waals surface area contributed by atoms with E-state index in [4.69, 9.17) is 15.2 Å². The summed E-state index contributed by atoms with van der Waals surface area (Å²) in [5.74, 6) is 0.549. The summed E-state index contributed by atoms with van der Waals surface area (Å²) in [7, 11) is -2.47. The topological polar surface area (TPSA) is 160 Å². The second kappa shape index (κ2) is 15.2. The van der Waals surface area contributed by atoms with Gasteiger partial charge in [-0.3, -0.25) is 0 Å². The number of nitrogens with zero attached hydrogens (tertiary/aromatic N) is 1. The van der Waals surface area contributed by atoms with E-state index in [1.807, 2.05) is 44.2 Å². The van der Waals surface area contributed by atoms with Gasteiger partial charge < -0.3 is 30.9 Å². The first-order valence-electron chi connectivity index (χ1n) is 12.4. The molecule has 0 radical (unpaired) electrons. The molecule has 0 aliphatic heterocycles. The number of methoxy groups -OCH3 is 1. The predicted molar refractivity (Wildman–Crippen MR) is 143 cm³/mol. The number of nitrogens with two attached hydrogens (primary N) is 1. The van der Waals surface area contributed by atoms with Crippen LogP contribution in [0.5, 0.6) is 5.75 Å². The van der Waals surface area contributed by atoms with Crippen LogP contribution in [0.15, 0.2) is 59.5 Å². The molecule has 0 saturated carbocycles. The van der Waals surface area contributed by atoms with Crippen molar-refractivity contribution in [2.75, 3.05) is 33.4 Å². The maximum Gasteiger partial charge on any atom is 0.407 e. The minimum absolute atomic E-state index is 0.0252. The van der Waals surface area contributed by atoms with Crippen LogP contribution in [0.3, 0.4) is 0 Å². The molecule has 0 unspecified atom stereocenters. The number of urea groups is 1. The molecular weight excluding hydrogens is 512 g/mol. The van der Waals surface area contributed by atoms with E-state index in [0.29, 0.717) is 5.75 Å². The third kappa shape index (κ3) is 9.84. The molecule has 0 bridgehead atoms. The number of rotatable bonds is 15. The van der Waals surface area contributed by atoms with Crippen LogP contribution in [-0.4, -0.2) is 75.5 Å². The number of alkyl carbamates (subject to hydrolysis) is 1. The Morgan fingerprint density at radius 2 is 1.74 bits per heavy atom. The monoisotopic (exact) mass is 550 g/mol. The third-order valence-electron chi connectivity index (χ3n) is 6.00. The maximum atomic E-state index is 13.6. The Kier molecular flexibility index (Phi) is 12.3. The highest BCUT2D eigenvalue weighted by Crippen LogP contribution is 2.22. The molecule has 0 aliphatic carbocycles. The molecule has 2 aromatic rings. The number of amides is 3. The van der Waals surface area contributed by atoms with E-state index in [1.54, 1.807) is 12.1 Å². The second-order valence-corrected chi connectivity index (χ2v) is 10.9. The fourth-order valence-electron chi connectivity index (χ4n) is 3.64. The van der Waals surface area contributed by atoms with Crippen LogP contribution in [0.4, 0.5) is 9.59 Å². The Labute approximate surface area is 224 Å². The number of primary amides is 1. The summed E-state index contributed by atoms with van der Waals surface area (Å²) in [4.78, 5) is 23.3. The fraction of sp³-hybridized carbons (Fsp3) is 0.462. The molecule has 0 saturated heterocycles. The number of hydrogen-bond donors (Lipinski definition) is 4. The molecule has 0 heterocycles. The van der Waals surface area contributed by atoms with Crippen LogP contribution in [0, 0.1) is 5.92 Å². The summed E-state index contributed by atoms with van der Waals surface area (Å²) in [5.41, 5.74) is 5.83. The van der Waals surface area contributed by atoms with Gasteiger partial charge in [0.15, 0.2) is 0 Å². The van der Waals surface area contributed by atoms with Gasteiger partial charge in [0.2, 0.25) is 10.0 Å². The smallest absolute Gasteiger partial charge is 0.407 e. The molecule has 3 atom stereocenters. The molecule has 11 nitrogen and oxygen atoms in total. The van der Waals surface area contributed by atoms with Gasteiger partial charge in [0, 0.05) is 13.1 Å². The average Bonchev–Trinajstić information content (AvgIpc) is 2.90. The van der Waals surface area contributed by atoms with E-state index in [-0.39, 0.29) is 43.5 Å². The molecular formula is C26H38N4O7S. The van der Waals surface area contributed by atoms with Crippen molar-refractivity contribution in [3.8, 4) is 5.75 Å². The van der Waals surface area contributed by atoms with Gasteiger partial charge >= 0.3 is 12.1 Å². The summed E-state index contributed by atoms with van der Waals surface area (Å²) in [6.07, 6.45) is -1.11. The lowest BCUT2D eigenvalue weighted by Crippen LogP contribution is -2.51. The second-order valence-electron chi connectivity index (χ2n) is 8.95. The van der Waals surface area contributed by atoms with Gasteiger partial charge in [-0.1, -0.05) is 50.6 Å². The molecule has 2 rings (SSSR count). The Morgan fingerprint density at radius 3 is 2.32 bits per heavy atom. The summed E-state index contributed by atoms with van der Waals surface area (Å²) < 4.78 is 38.6. The van der Waals surface area contributed by atoms with E-state index in [9.17, 15) is 23.1 Å². The Morgan fingerprint density at radius 1 is 1.08 bits per heavy atom. The SMILES string of the molecule is CC[C@H](C)CN(C[C@@H](O)[C@H](Cc1ccccc1)NC(=O)OCCNC(N)=O)S(=O)(=O)c1ccc(OC)cc1. The first kappa shape index (κ1) is 30.9. The number of hydrogen-bond acceptors (Lipinski definition) is 7. The van der Waals surface area contributed by atoms with Crippen molar-refractivity contribution in [1.29, 1.82) is 0 Å². The average molecular weight is 551 g/mol. The van der Waals surface area contributed by atoms with E-state index < -0.39 is 34.3 Å². The molecule has 5 N–H and O–H groups in total. The molecule has 12 heteroatoms. The van der Waals surface area contributed by atoms with Gasteiger partial charge in [-0.2, -0.15) is 4.31 Å². The van der Waals surface area contributed by atoms with E-state index in [2.05, 4.69) is 10.6 Å².